The van der Waals surface area contributed by atoms with Gasteiger partial charge < -0.3 is 5.32 Å². The second-order valence-corrected chi connectivity index (χ2v) is 6.95. The summed E-state index contributed by atoms with van der Waals surface area (Å²) in [6.07, 6.45) is 0.457. The van der Waals surface area contributed by atoms with E-state index in [1.54, 1.807) is 0 Å². The van der Waals surface area contributed by atoms with E-state index in [4.69, 9.17) is 11.6 Å². The van der Waals surface area contributed by atoms with Crippen LogP contribution in [0, 0.1) is 0 Å². The number of alkyl halides is 3. The topological polar surface area (TPSA) is 32.3 Å². The van der Waals surface area contributed by atoms with Crippen molar-refractivity contribution in [1.29, 1.82) is 0 Å². The van der Waals surface area contributed by atoms with Crippen LogP contribution in [0.5, 0.6) is 0 Å². The first-order valence-corrected chi connectivity index (χ1v) is 8.66. The van der Waals surface area contributed by atoms with Crippen molar-refractivity contribution >= 4 is 17.5 Å². The van der Waals surface area contributed by atoms with Gasteiger partial charge in [-0.2, -0.15) is 13.2 Å². The van der Waals surface area contributed by atoms with Crippen molar-refractivity contribution in [1.82, 2.24) is 10.2 Å². The molecule has 24 heavy (non-hydrogen) atoms. The molecule has 1 aliphatic carbocycles. The molecule has 1 saturated heterocycles. The Bertz CT molecular complexity index is 614. The Balaban J connectivity index is 1.77. The van der Waals surface area contributed by atoms with Crippen molar-refractivity contribution in [2.75, 3.05) is 13.1 Å². The molecule has 0 spiro atoms. The number of nitrogens with zero attached hydrogens (tertiary/aromatic N) is 1. The number of amides is 1. The SMILES string of the molecule is O=C(N[C@H]1CCC[C@H]1N1CCCC1)c1ccc(Cl)cc1C(F)(F)F. The number of likely N-dealkylation sites (tertiary alicyclic amines) is 1. The summed E-state index contributed by atoms with van der Waals surface area (Å²) >= 11 is 5.67. The molecule has 2 aliphatic rings. The van der Waals surface area contributed by atoms with Gasteiger partial charge in [-0.25, -0.2) is 0 Å². The Labute approximate surface area is 144 Å². The van der Waals surface area contributed by atoms with Crippen molar-refractivity contribution in [3.05, 3.63) is 34.3 Å². The summed E-state index contributed by atoms with van der Waals surface area (Å²) in [5, 5.41) is 2.80. The maximum Gasteiger partial charge on any atom is 0.417 e. The van der Waals surface area contributed by atoms with Crippen LogP contribution in [-0.2, 0) is 6.18 Å². The molecule has 1 aliphatic heterocycles. The predicted octanol–water partition coefficient (Wildman–Crippen LogP) is 4.11. The van der Waals surface area contributed by atoms with E-state index in [1.807, 2.05) is 0 Å². The van der Waals surface area contributed by atoms with Gasteiger partial charge in [0.15, 0.2) is 0 Å². The number of carbonyl (C=O) groups is 1. The lowest BCUT2D eigenvalue weighted by Gasteiger charge is -2.30. The number of carbonyl (C=O) groups excluding carboxylic acids is 1. The van der Waals surface area contributed by atoms with E-state index in [0.29, 0.717) is 0 Å². The van der Waals surface area contributed by atoms with E-state index in [9.17, 15) is 18.0 Å². The van der Waals surface area contributed by atoms with Crippen LogP contribution in [0.15, 0.2) is 18.2 Å². The molecule has 3 rings (SSSR count). The first-order valence-electron chi connectivity index (χ1n) is 8.28. The van der Waals surface area contributed by atoms with Gasteiger partial charge in [0.25, 0.3) is 5.91 Å². The lowest BCUT2D eigenvalue weighted by Crippen LogP contribution is -2.48. The molecule has 1 N–H and O–H groups in total. The molecule has 1 amide bonds. The number of rotatable bonds is 3. The van der Waals surface area contributed by atoms with Crippen molar-refractivity contribution in [2.45, 2.75) is 50.4 Å². The van der Waals surface area contributed by atoms with Gasteiger partial charge in [0.2, 0.25) is 0 Å². The van der Waals surface area contributed by atoms with Gasteiger partial charge in [-0.1, -0.05) is 11.6 Å². The Kier molecular flexibility index (Phi) is 5.06. The minimum atomic E-state index is -4.61. The second-order valence-electron chi connectivity index (χ2n) is 6.51. The van der Waals surface area contributed by atoms with Gasteiger partial charge in [-0.3, -0.25) is 9.69 Å². The number of benzene rings is 1. The number of hydrogen-bond donors (Lipinski definition) is 1. The second kappa shape index (κ2) is 6.92. The van der Waals surface area contributed by atoms with Crippen LogP contribution in [0.4, 0.5) is 13.2 Å². The van der Waals surface area contributed by atoms with Gasteiger partial charge >= 0.3 is 6.18 Å². The van der Waals surface area contributed by atoms with Crippen molar-refractivity contribution in [3.63, 3.8) is 0 Å². The standard InChI is InChI=1S/C17H20ClF3N2O/c18-11-6-7-12(13(10-11)17(19,20)21)16(24)22-14-4-3-5-15(14)23-8-1-2-9-23/h6-7,10,14-15H,1-5,8-9H2,(H,22,24)/t14-,15+/m0/s1. The van der Waals surface area contributed by atoms with Crippen molar-refractivity contribution in [3.8, 4) is 0 Å². The third-order valence-electron chi connectivity index (χ3n) is 4.94. The minimum absolute atomic E-state index is 0.0327. The highest BCUT2D eigenvalue weighted by Crippen LogP contribution is 2.34. The number of halogens is 4. The highest BCUT2D eigenvalue weighted by atomic mass is 35.5. The van der Waals surface area contributed by atoms with Crippen LogP contribution < -0.4 is 5.32 Å². The number of nitrogens with one attached hydrogen (secondary N) is 1. The summed E-state index contributed by atoms with van der Waals surface area (Å²) in [4.78, 5) is 14.8. The first kappa shape index (κ1) is 17.5. The van der Waals surface area contributed by atoms with Crippen LogP contribution in [-0.4, -0.2) is 36.0 Å². The predicted molar refractivity (Wildman–Crippen MR) is 86.2 cm³/mol. The molecule has 0 unspecified atom stereocenters. The molecule has 1 aromatic carbocycles. The average Bonchev–Trinajstić information content (AvgIpc) is 3.16. The summed E-state index contributed by atoms with van der Waals surface area (Å²) in [7, 11) is 0. The molecule has 2 fully saturated rings. The van der Waals surface area contributed by atoms with Gasteiger partial charge in [0.05, 0.1) is 11.1 Å². The zero-order chi connectivity index (χ0) is 17.3. The van der Waals surface area contributed by atoms with E-state index in [2.05, 4.69) is 10.2 Å². The summed E-state index contributed by atoms with van der Waals surface area (Å²) in [6, 6.07) is 3.42. The molecular formula is C17H20ClF3N2O. The maximum atomic E-state index is 13.2. The van der Waals surface area contributed by atoms with Crippen molar-refractivity contribution in [2.24, 2.45) is 0 Å². The Hall–Kier alpha value is -1.27. The molecule has 1 aromatic rings. The average molecular weight is 361 g/mol. The fourth-order valence-corrected chi connectivity index (χ4v) is 3.99. The van der Waals surface area contributed by atoms with Crippen LogP contribution in [0.25, 0.3) is 0 Å². The lowest BCUT2D eigenvalue weighted by molar-refractivity contribution is -0.137. The summed E-state index contributed by atoms with van der Waals surface area (Å²) in [5.41, 5.74) is -1.35. The van der Waals surface area contributed by atoms with E-state index >= 15 is 0 Å². The van der Waals surface area contributed by atoms with Crippen molar-refractivity contribution < 1.29 is 18.0 Å². The molecule has 0 bridgehead atoms. The summed E-state index contributed by atoms with van der Waals surface area (Å²) in [6.45, 7) is 2.01. The maximum absolute atomic E-state index is 13.2. The van der Waals surface area contributed by atoms with Crippen LogP contribution in [0.2, 0.25) is 5.02 Å². The smallest absolute Gasteiger partial charge is 0.348 e. The zero-order valence-corrected chi connectivity index (χ0v) is 14.0. The highest BCUT2D eigenvalue weighted by Gasteiger charge is 2.38. The monoisotopic (exact) mass is 360 g/mol. The highest BCUT2D eigenvalue weighted by molar-refractivity contribution is 6.30. The molecule has 1 heterocycles. The molecule has 1 saturated carbocycles. The van der Waals surface area contributed by atoms with Gasteiger partial charge in [-0.05, 0) is 63.4 Å². The fourth-order valence-electron chi connectivity index (χ4n) is 3.81. The van der Waals surface area contributed by atoms with E-state index in [1.165, 1.54) is 6.07 Å². The Morgan fingerprint density at radius 3 is 2.54 bits per heavy atom. The van der Waals surface area contributed by atoms with Crippen LogP contribution >= 0.6 is 11.6 Å². The molecule has 0 radical (unpaired) electrons. The first-order chi connectivity index (χ1) is 11.4. The fraction of sp³-hybridized carbons (Fsp3) is 0.588. The zero-order valence-electron chi connectivity index (χ0n) is 13.2. The van der Waals surface area contributed by atoms with E-state index in [-0.39, 0.29) is 22.7 Å². The Morgan fingerprint density at radius 1 is 1.17 bits per heavy atom. The molecule has 0 aromatic heterocycles. The molecule has 2 atom stereocenters. The summed E-state index contributed by atoms with van der Waals surface area (Å²) in [5.74, 6) is -0.671. The molecular weight excluding hydrogens is 341 g/mol. The van der Waals surface area contributed by atoms with Crippen LogP contribution in [0.1, 0.15) is 48.0 Å². The van der Waals surface area contributed by atoms with Gasteiger partial charge in [-0.15, -0.1) is 0 Å². The number of hydrogen-bond acceptors (Lipinski definition) is 2. The molecule has 132 valence electrons. The molecule has 7 heteroatoms. The van der Waals surface area contributed by atoms with Gasteiger partial charge in [0.1, 0.15) is 0 Å². The summed E-state index contributed by atoms with van der Waals surface area (Å²) < 4.78 is 39.5. The quantitative estimate of drug-likeness (QED) is 0.880. The van der Waals surface area contributed by atoms with E-state index < -0.39 is 17.6 Å². The minimum Gasteiger partial charge on any atom is -0.348 e. The lowest BCUT2D eigenvalue weighted by atomic mass is 10.0. The largest absolute Gasteiger partial charge is 0.417 e. The van der Waals surface area contributed by atoms with Gasteiger partial charge in [0, 0.05) is 17.1 Å². The molecule has 3 nitrogen and oxygen atoms in total. The third-order valence-corrected chi connectivity index (χ3v) is 5.17. The van der Waals surface area contributed by atoms with Crippen LogP contribution in [0.3, 0.4) is 0 Å². The Morgan fingerprint density at radius 2 is 1.88 bits per heavy atom. The van der Waals surface area contributed by atoms with E-state index in [0.717, 1.165) is 57.3 Å². The third kappa shape index (κ3) is 3.70. The normalized spacial score (nSPS) is 25.2.